The second-order valence-electron chi connectivity index (χ2n) is 4.76. The summed E-state index contributed by atoms with van der Waals surface area (Å²) in [6.45, 7) is 2.05. The van der Waals surface area contributed by atoms with Gasteiger partial charge in [0.2, 0.25) is 5.91 Å². The van der Waals surface area contributed by atoms with Gasteiger partial charge in [0.05, 0.1) is 11.6 Å². The number of piperidine rings is 1. The van der Waals surface area contributed by atoms with E-state index in [1.54, 1.807) is 0 Å². The summed E-state index contributed by atoms with van der Waals surface area (Å²) in [4.78, 5) is 12.1. The van der Waals surface area contributed by atoms with Crippen LogP contribution < -0.4 is 10.6 Å². The monoisotopic (exact) mass is 294 g/mol. The molecule has 1 aromatic carbocycles. The average Bonchev–Trinajstić information content (AvgIpc) is 2.68. The van der Waals surface area contributed by atoms with Gasteiger partial charge < -0.3 is 10.6 Å². The van der Waals surface area contributed by atoms with Crippen molar-refractivity contribution in [1.82, 2.24) is 5.32 Å². The van der Waals surface area contributed by atoms with E-state index in [1.165, 1.54) is 0 Å². The van der Waals surface area contributed by atoms with E-state index in [0.717, 1.165) is 41.7 Å². The quantitative estimate of drug-likeness (QED) is 0.835. The summed E-state index contributed by atoms with van der Waals surface area (Å²) in [5.41, 5.74) is 2.14. The van der Waals surface area contributed by atoms with Gasteiger partial charge >= 0.3 is 0 Å². The highest BCUT2D eigenvalue weighted by Crippen LogP contribution is 2.43. The molecule has 17 heavy (non-hydrogen) atoms. The van der Waals surface area contributed by atoms with Gasteiger partial charge in [0.15, 0.2) is 0 Å². The molecule has 1 unspecified atom stereocenters. The Balaban J connectivity index is 1.96. The summed E-state index contributed by atoms with van der Waals surface area (Å²) >= 11 is 3.50. The number of carbonyl (C=O) groups excluding carboxylic acids is 1. The van der Waals surface area contributed by atoms with Crippen molar-refractivity contribution in [3.8, 4) is 0 Å². The molecule has 0 aliphatic carbocycles. The van der Waals surface area contributed by atoms with Crippen molar-refractivity contribution in [1.29, 1.82) is 0 Å². The molecule has 1 fully saturated rings. The number of halogens is 1. The van der Waals surface area contributed by atoms with Crippen LogP contribution in [0.5, 0.6) is 0 Å². The van der Waals surface area contributed by atoms with Crippen LogP contribution in [0.3, 0.4) is 0 Å². The molecular weight excluding hydrogens is 280 g/mol. The maximum atomic E-state index is 12.1. The van der Waals surface area contributed by atoms with E-state index in [0.29, 0.717) is 5.92 Å². The van der Waals surface area contributed by atoms with E-state index in [4.69, 9.17) is 0 Å². The molecule has 2 aliphatic heterocycles. The Morgan fingerprint density at radius 2 is 2.00 bits per heavy atom. The first-order valence-corrected chi connectivity index (χ1v) is 6.86. The second-order valence-corrected chi connectivity index (χ2v) is 5.61. The number of rotatable bonds is 1. The van der Waals surface area contributed by atoms with E-state index >= 15 is 0 Å². The van der Waals surface area contributed by atoms with Gasteiger partial charge in [0.25, 0.3) is 0 Å². The van der Waals surface area contributed by atoms with Crippen LogP contribution in [0.2, 0.25) is 0 Å². The van der Waals surface area contributed by atoms with Crippen LogP contribution in [0, 0.1) is 5.92 Å². The summed E-state index contributed by atoms with van der Waals surface area (Å²) < 4.78 is 0.986. The fourth-order valence-corrected chi connectivity index (χ4v) is 3.40. The number of anilines is 1. The smallest absolute Gasteiger partial charge is 0.232 e. The molecule has 1 atom stereocenters. The van der Waals surface area contributed by atoms with Crippen LogP contribution in [-0.2, 0) is 4.79 Å². The Labute approximate surface area is 109 Å². The van der Waals surface area contributed by atoms with Gasteiger partial charge in [-0.25, -0.2) is 0 Å². The zero-order valence-corrected chi connectivity index (χ0v) is 11.1. The summed E-state index contributed by atoms with van der Waals surface area (Å²) in [5, 5.41) is 6.35. The van der Waals surface area contributed by atoms with Crippen LogP contribution in [-0.4, -0.2) is 19.0 Å². The Kier molecular flexibility index (Phi) is 2.92. The molecule has 2 heterocycles. The van der Waals surface area contributed by atoms with Crippen molar-refractivity contribution in [2.24, 2.45) is 5.92 Å². The lowest BCUT2D eigenvalue weighted by Crippen LogP contribution is -2.33. The molecule has 0 saturated carbocycles. The number of nitrogens with one attached hydrogen (secondary N) is 2. The van der Waals surface area contributed by atoms with Crippen LogP contribution in [0.15, 0.2) is 22.7 Å². The van der Waals surface area contributed by atoms with E-state index in [2.05, 4.69) is 32.6 Å². The standard InChI is InChI=1S/C13H15BrN2O/c14-10-3-1-2-9-11(13(17)16-12(9)10)8-4-6-15-7-5-8/h1-3,8,11,15H,4-7H2,(H,16,17). The van der Waals surface area contributed by atoms with Crippen LogP contribution in [0.25, 0.3) is 0 Å². The number of benzene rings is 1. The predicted molar refractivity (Wildman–Crippen MR) is 71.1 cm³/mol. The molecule has 0 aromatic heterocycles. The fraction of sp³-hybridized carbons (Fsp3) is 0.462. The molecule has 1 amide bonds. The molecule has 1 saturated heterocycles. The first-order chi connectivity index (χ1) is 8.27. The molecule has 3 rings (SSSR count). The Morgan fingerprint density at radius 1 is 1.24 bits per heavy atom. The minimum absolute atomic E-state index is 0.0459. The van der Waals surface area contributed by atoms with Gasteiger partial charge in [-0.05, 0) is 59.4 Å². The first kappa shape index (κ1) is 11.2. The van der Waals surface area contributed by atoms with Crippen molar-refractivity contribution >= 4 is 27.5 Å². The van der Waals surface area contributed by atoms with Crippen molar-refractivity contribution in [2.75, 3.05) is 18.4 Å². The number of fused-ring (bicyclic) bond motifs is 1. The number of hydrogen-bond acceptors (Lipinski definition) is 2. The van der Waals surface area contributed by atoms with Crippen LogP contribution in [0.4, 0.5) is 5.69 Å². The molecule has 90 valence electrons. The Morgan fingerprint density at radius 3 is 2.76 bits per heavy atom. The number of amides is 1. The van der Waals surface area contributed by atoms with Gasteiger partial charge in [0, 0.05) is 4.47 Å². The zero-order chi connectivity index (χ0) is 11.8. The highest BCUT2D eigenvalue weighted by atomic mass is 79.9. The lowest BCUT2D eigenvalue weighted by atomic mass is 9.81. The van der Waals surface area contributed by atoms with Gasteiger partial charge in [-0.2, -0.15) is 0 Å². The molecule has 0 bridgehead atoms. The predicted octanol–water partition coefficient (Wildman–Crippen LogP) is 2.48. The normalized spacial score (nSPS) is 24.5. The minimum Gasteiger partial charge on any atom is -0.324 e. The molecule has 3 nitrogen and oxygen atoms in total. The summed E-state index contributed by atoms with van der Waals surface area (Å²) in [6.07, 6.45) is 2.17. The maximum Gasteiger partial charge on any atom is 0.232 e. The SMILES string of the molecule is O=C1Nc2c(Br)cccc2C1C1CCNCC1. The lowest BCUT2D eigenvalue weighted by Gasteiger charge is -2.26. The summed E-state index contributed by atoms with van der Waals surface area (Å²) in [6, 6.07) is 6.06. The molecule has 0 spiro atoms. The number of hydrogen-bond donors (Lipinski definition) is 2. The molecular formula is C13H15BrN2O. The van der Waals surface area contributed by atoms with Gasteiger partial charge in [0.1, 0.15) is 0 Å². The molecule has 2 aliphatic rings. The zero-order valence-electron chi connectivity index (χ0n) is 9.50. The van der Waals surface area contributed by atoms with Gasteiger partial charge in [-0.3, -0.25) is 4.79 Å². The lowest BCUT2D eigenvalue weighted by molar-refractivity contribution is -0.118. The summed E-state index contributed by atoms with van der Waals surface area (Å²) in [5.74, 6) is 0.690. The molecule has 0 radical (unpaired) electrons. The third kappa shape index (κ3) is 1.89. The van der Waals surface area contributed by atoms with Crippen LogP contribution in [0.1, 0.15) is 24.3 Å². The summed E-state index contributed by atoms with van der Waals surface area (Å²) in [7, 11) is 0. The molecule has 2 N–H and O–H groups in total. The second kappa shape index (κ2) is 4.42. The van der Waals surface area contributed by atoms with Gasteiger partial charge in [-0.1, -0.05) is 12.1 Å². The minimum atomic E-state index is 0.0459. The van der Waals surface area contributed by atoms with Gasteiger partial charge in [-0.15, -0.1) is 0 Å². The van der Waals surface area contributed by atoms with E-state index in [9.17, 15) is 4.79 Å². The largest absolute Gasteiger partial charge is 0.324 e. The van der Waals surface area contributed by atoms with Crippen molar-refractivity contribution in [3.05, 3.63) is 28.2 Å². The van der Waals surface area contributed by atoms with Crippen LogP contribution >= 0.6 is 15.9 Å². The topological polar surface area (TPSA) is 41.1 Å². The maximum absolute atomic E-state index is 12.1. The number of carbonyl (C=O) groups is 1. The van der Waals surface area contributed by atoms with Crippen molar-refractivity contribution < 1.29 is 4.79 Å². The van der Waals surface area contributed by atoms with Crippen molar-refractivity contribution in [3.63, 3.8) is 0 Å². The molecule has 1 aromatic rings. The first-order valence-electron chi connectivity index (χ1n) is 6.07. The third-order valence-corrected chi connectivity index (χ3v) is 4.43. The number of para-hydroxylation sites is 1. The highest BCUT2D eigenvalue weighted by Gasteiger charge is 2.37. The van der Waals surface area contributed by atoms with E-state index in [1.807, 2.05) is 12.1 Å². The highest BCUT2D eigenvalue weighted by molar-refractivity contribution is 9.10. The van der Waals surface area contributed by atoms with E-state index in [-0.39, 0.29) is 11.8 Å². The fourth-order valence-electron chi connectivity index (χ4n) is 2.92. The van der Waals surface area contributed by atoms with Crippen molar-refractivity contribution in [2.45, 2.75) is 18.8 Å². The molecule has 4 heteroatoms. The van der Waals surface area contributed by atoms with E-state index < -0.39 is 0 Å². The Hall–Kier alpha value is -0.870. The third-order valence-electron chi connectivity index (χ3n) is 3.77. The average molecular weight is 295 g/mol. The Bertz CT molecular complexity index is 455.